The van der Waals surface area contributed by atoms with Crippen molar-refractivity contribution in [3.63, 3.8) is 0 Å². The van der Waals surface area contributed by atoms with Crippen molar-refractivity contribution in [3.8, 4) is 5.75 Å². The number of halogens is 3. The average Bonchev–Trinajstić information content (AvgIpc) is 2.74. The van der Waals surface area contributed by atoms with Crippen LogP contribution in [-0.2, 0) is 7.05 Å². The number of nitrogens with two attached hydrogens (primary N) is 1. The van der Waals surface area contributed by atoms with Crippen LogP contribution in [0.3, 0.4) is 0 Å². The molecule has 2 aromatic rings. The van der Waals surface area contributed by atoms with Gasteiger partial charge in [0.25, 0.3) is 0 Å². The first kappa shape index (κ1) is 13.4. The molecule has 0 spiro atoms. The number of aryl methyl sites for hydroxylation is 1. The Morgan fingerprint density at radius 2 is 2.00 bits per heavy atom. The highest BCUT2D eigenvalue weighted by Gasteiger charge is 2.32. The van der Waals surface area contributed by atoms with Crippen LogP contribution in [0.2, 0.25) is 0 Å². The lowest BCUT2D eigenvalue weighted by Gasteiger charge is -2.16. The second-order valence-electron chi connectivity index (χ2n) is 4.03. The SMILES string of the molecule is Cn1cnc(C(N)c2ccccc2OC(F)(F)F)c1. The van der Waals surface area contributed by atoms with Gasteiger partial charge in [0.05, 0.1) is 18.1 Å². The molecule has 0 aliphatic heterocycles. The molecule has 1 aromatic heterocycles. The largest absolute Gasteiger partial charge is 0.573 e. The van der Waals surface area contributed by atoms with Crippen LogP contribution >= 0.6 is 0 Å². The molecule has 19 heavy (non-hydrogen) atoms. The van der Waals surface area contributed by atoms with Crippen LogP contribution in [0.4, 0.5) is 13.2 Å². The van der Waals surface area contributed by atoms with Crippen molar-refractivity contribution in [1.29, 1.82) is 0 Å². The minimum Gasteiger partial charge on any atom is -0.405 e. The number of benzene rings is 1. The smallest absolute Gasteiger partial charge is 0.405 e. The molecule has 0 aliphatic rings. The Morgan fingerprint density at radius 1 is 1.32 bits per heavy atom. The maximum absolute atomic E-state index is 12.3. The van der Waals surface area contributed by atoms with Gasteiger partial charge in [-0.15, -0.1) is 13.2 Å². The number of imidazole rings is 1. The Morgan fingerprint density at radius 3 is 2.58 bits per heavy atom. The van der Waals surface area contributed by atoms with Crippen LogP contribution in [0.25, 0.3) is 0 Å². The van der Waals surface area contributed by atoms with Crippen LogP contribution in [0.1, 0.15) is 17.3 Å². The number of rotatable bonds is 3. The molecule has 0 bridgehead atoms. The summed E-state index contributed by atoms with van der Waals surface area (Å²) >= 11 is 0. The molecule has 0 amide bonds. The molecule has 0 saturated heterocycles. The first-order chi connectivity index (χ1) is 8.87. The van der Waals surface area contributed by atoms with Gasteiger partial charge < -0.3 is 15.0 Å². The summed E-state index contributed by atoms with van der Waals surface area (Å²) in [5, 5.41) is 0. The van der Waals surface area contributed by atoms with Gasteiger partial charge in [-0.25, -0.2) is 4.98 Å². The maximum Gasteiger partial charge on any atom is 0.573 e. The van der Waals surface area contributed by atoms with E-state index < -0.39 is 12.4 Å². The minimum atomic E-state index is -4.75. The molecule has 0 saturated carbocycles. The molecule has 2 rings (SSSR count). The molecular formula is C12H12F3N3O. The van der Waals surface area contributed by atoms with E-state index in [-0.39, 0.29) is 11.3 Å². The van der Waals surface area contributed by atoms with E-state index in [1.165, 1.54) is 24.5 Å². The number of aromatic nitrogens is 2. The standard InChI is InChI=1S/C12H12F3N3O/c1-18-6-9(17-7-18)11(16)8-4-2-3-5-10(8)19-12(13,14)15/h2-7,11H,16H2,1H3. The Balaban J connectivity index is 2.34. The van der Waals surface area contributed by atoms with Gasteiger partial charge >= 0.3 is 6.36 Å². The Kier molecular flexibility index (Phi) is 3.48. The minimum absolute atomic E-state index is 0.235. The van der Waals surface area contributed by atoms with Crippen LogP contribution in [0.5, 0.6) is 5.75 Å². The zero-order chi connectivity index (χ0) is 14.0. The van der Waals surface area contributed by atoms with Crippen molar-refractivity contribution in [2.45, 2.75) is 12.4 Å². The van der Waals surface area contributed by atoms with Crippen molar-refractivity contribution >= 4 is 0 Å². The normalized spacial score (nSPS) is 13.3. The van der Waals surface area contributed by atoms with Gasteiger partial charge in [-0.2, -0.15) is 0 Å². The first-order valence-corrected chi connectivity index (χ1v) is 5.45. The van der Waals surface area contributed by atoms with E-state index >= 15 is 0 Å². The van der Waals surface area contributed by atoms with Crippen molar-refractivity contribution in [3.05, 3.63) is 48.0 Å². The summed E-state index contributed by atoms with van der Waals surface area (Å²) in [6.45, 7) is 0. The van der Waals surface area contributed by atoms with E-state index in [2.05, 4.69) is 9.72 Å². The fraction of sp³-hybridized carbons (Fsp3) is 0.250. The second kappa shape index (κ2) is 4.93. The van der Waals surface area contributed by atoms with Gasteiger partial charge in [-0.05, 0) is 6.07 Å². The molecule has 7 heteroatoms. The van der Waals surface area contributed by atoms with Gasteiger partial charge in [-0.1, -0.05) is 18.2 Å². The van der Waals surface area contributed by atoms with Crippen LogP contribution in [-0.4, -0.2) is 15.9 Å². The maximum atomic E-state index is 12.3. The topological polar surface area (TPSA) is 53.1 Å². The second-order valence-corrected chi connectivity index (χ2v) is 4.03. The van der Waals surface area contributed by atoms with Gasteiger partial charge in [0, 0.05) is 18.8 Å². The number of nitrogens with zero attached hydrogens (tertiary/aromatic N) is 2. The Labute approximate surface area is 107 Å². The monoisotopic (exact) mass is 271 g/mol. The molecule has 0 fully saturated rings. The van der Waals surface area contributed by atoms with E-state index in [9.17, 15) is 13.2 Å². The molecule has 1 heterocycles. The quantitative estimate of drug-likeness (QED) is 0.932. The molecule has 102 valence electrons. The zero-order valence-electron chi connectivity index (χ0n) is 10.1. The molecule has 1 unspecified atom stereocenters. The average molecular weight is 271 g/mol. The van der Waals surface area contributed by atoms with E-state index in [0.29, 0.717) is 5.69 Å². The fourth-order valence-corrected chi connectivity index (χ4v) is 1.71. The number of hydrogen-bond acceptors (Lipinski definition) is 3. The Hall–Kier alpha value is -2.02. The Bertz CT molecular complexity index is 565. The van der Waals surface area contributed by atoms with Gasteiger partial charge in [0.2, 0.25) is 0 Å². The summed E-state index contributed by atoms with van der Waals surface area (Å²) in [6, 6.07) is 4.99. The predicted octanol–water partition coefficient (Wildman–Crippen LogP) is 2.37. The molecule has 4 nitrogen and oxygen atoms in total. The zero-order valence-corrected chi connectivity index (χ0v) is 10.1. The number of hydrogen-bond donors (Lipinski definition) is 1. The lowest BCUT2D eigenvalue weighted by molar-refractivity contribution is -0.274. The highest BCUT2D eigenvalue weighted by molar-refractivity contribution is 5.39. The van der Waals surface area contributed by atoms with Crippen molar-refractivity contribution in [1.82, 2.24) is 9.55 Å². The highest BCUT2D eigenvalue weighted by Crippen LogP contribution is 2.31. The molecule has 2 N–H and O–H groups in total. The number of ether oxygens (including phenoxy) is 1. The summed E-state index contributed by atoms with van der Waals surface area (Å²) in [7, 11) is 1.75. The van der Waals surface area contributed by atoms with Gasteiger partial charge in [-0.3, -0.25) is 0 Å². The van der Waals surface area contributed by atoms with E-state index in [1.807, 2.05) is 0 Å². The summed E-state index contributed by atoms with van der Waals surface area (Å²) in [6.07, 6.45) is -1.57. The highest BCUT2D eigenvalue weighted by atomic mass is 19.4. The van der Waals surface area contributed by atoms with Crippen molar-refractivity contribution in [2.75, 3.05) is 0 Å². The van der Waals surface area contributed by atoms with Crippen LogP contribution < -0.4 is 10.5 Å². The van der Waals surface area contributed by atoms with Crippen molar-refractivity contribution in [2.24, 2.45) is 12.8 Å². The van der Waals surface area contributed by atoms with E-state index in [0.717, 1.165) is 0 Å². The van der Waals surface area contributed by atoms with E-state index in [1.54, 1.807) is 23.9 Å². The van der Waals surface area contributed by atoms with Crippen molar-refractivity contribution < 1.29 is 17.9 Å². The first-order valence-electron chi connectivity index (χ1n) is 5.45. The predicted molar refractivity (Wildman–Crippen MR) is 62.4 cm³/mol. The number of para-hydroxylation sites is 1. The van der Waals surface area contributed by atoms with Crippen LogP contribution in [0.15, 0.2) is 36.8 Å². The summed E-state index contributed by atoms with van der Waals surface area (Å²) in [5.41, 5.74) is 6.63. The van der Waals surface area contributed by atoms with Gasteiger partial charge in [0.15, 0.2) is 0 Å². The molecular weight excluding hydrogens is 259 g/mol. The molecule has 0 radical (unpaired) electrons. The lowest BCUT2D eigenvalue weighted by atomic mass is 10.0. The van der Waals surface area contributed by atoms with Crippen LogP contribution in [0, 0.1) is 0 Å². The van der Waals surface area contributed by atoms with E-state index in [4.69, 9.17) is 5.73 Å². The summed E-state index contributed by atoms with van der Waals surface area (Å²) in [5.74, 6) is -0.312. The fourth-order valence-electron chi connectivity index (χ4n) is 1.71. The molecule has 1 aromatic carbocycles. The molecule has 1 atom stereocenters. The third-order valence-corrected chi connectivity index (χ3v) is 2.52. The number of alkyl halides is 3. The molecule has 0 aliphatic carbocycles. The summed E-state index contributed by atoms with van der Waals surface area (Å²) in [4.78, 5) is 4.03. The third kappa shape index (κ3) is 3.25. The third-order valence-electron chi connectivity index (χ3n) is 2.52. The summed E-state index contributed by atoms with van der Waals surface area (Å²) < 4.78 is 42.6. The lowest BCUT2D eigenvalue weighted by Crippen LogP contribution is -2.20. The van der Waals surface area contributed by atoms with Gasteiger partial charge in [0.1, 0.15) is 5.75 Å².